The van der Waals surface area contributed by atoms with Crippen LogP contribution in [0.25, 0.3) is 0 Å². The first kappa shape index (κ1) is 14.5. The minimum atomic E-state index is -0.403. The quantitative estimate of drug-likeness (QED) is 0.850. The van der Waals surface area contributed by atoms with E-state index in [1.54, 1.807) is 0 Å². The number of hydrogen-bond donors (Lipinski definition) is 1. The van der Waals surface area contributed by atoms with Crippen molar-refractivity contribution >= 4 is 11.7 Å². The number of carbonyl (C=O) groups is 2. The molecule has 2 rings (SSSR count). The molecule has 0 bridgehead atoms. The van der Waals surface area contributed by atoms with Gasteiger partial charge in [0.1, 0.15) is 11.9 Å². The molecule has 2 saturated carbocycles. The fourth-order valence-electron chi connectivity index (χ4n) is 2.97. The molecule has 0 aromatic heterocycles. The second-order valence-electron chi connectivity index (χ2n) is 5.86. The first-order valence-corrected chi connectivity index (χ1v) is 7.62. The summed E-state index contributed by atoms with van der Waals surface area (Å²) in [7, 11) is 0. The van der Waals surface area contributed by atoms with Crippen molar-refractivity contribution in [2.24, 2.45) is 0 Å². The lowest BCUT2D eigenvalue weighted by atomic mass is 9.95. The molecule has 1 N–H and O–H groups in total. The molecule has 0 heterocycles. The highest BCUT2D eigenvalue weighted by Gasteiger charge is 2.25. The Kier molecular flexibility index (Phi) is 5.37. The van der Waals surface area contributed by atoms with Gasteiger partial charge < -0.3 is 10.1 Å². The van der Waals surface area contributed by atoms with Crippen molar-refractivity contribution in [1.82, 2.24) is 5.32 Å². The van der Waals surface area contributed by atoms with E-state index in [-0.39, 0.29) is 12.0 Å². The molecule has 1 atom stereocenters. The zero-order chi connectivity index (χ0) is 13.7. The summed E-state index contributed by atoms with van der Waals surface area (Å²) in [6, 6.07) is 0.334. The average Bonchev–Trinajstić information content (AvgIpc) is 2.42. The second-order valence-corrected chi connectivity index (χ2v) is 5.86. The van der Waals surface area contributed by atoms with Crippen LogP contribution in [0.15, 0.2) is 0 Å². The summed E-state index contributed by atoms with van der Waals surface area (Å²) >= 11 is 0. The van der Waals surface area contributed by atoms with Crippen LogP contribution in [0, 0.1) is 0 Å². The Labute approximate surface area is 115 Å². The van der Waals surface area contributed by atoms with Gasteiger partial charge in [-0.15, -0.1) is 0 Å². The molecule has 0 aliphatic heterocycles. The number of carbonyl (C=O) groups excluding carboxylic acids is 2. The van der Waals surface area contributed by atoms with Gasteiger partial charge in [-0.05, 0) is 32.6 Å². The van der Waals surface area contributed by atoms with Crippen LogP contribution in [0.4, 0.5) is 0 Å². The molecule has 0 aromatic rings. The van der Waals surface area contributed by atoms with E-state index in [0.29, 0.717) is 24.7 Å². The number of hydrogen-bond acceptors (Lipinski definition) is 3. The van der Waals surface area contributed by atoms with Gasteiger partial charge >= 0.3 is 0 Å². The third-order valence-electron chi connectivity index (χ3n) is 4.21. The molecule has 2 aliphatic rings. The van der Waals surface area contributed by atoms with Crippen molar-refractivity contribution in [1.29, 1.82) is 0 Å². The van der Waals surface area contributed by atoms with Crippen LogP contribution < -0.4 is 5.32 Å². The van der Waals surface area contributed by atoms with Crippen molar-refractivity contribution < 1.29 is 14.3 Å². The van der Waals surface area contributed by atoms with E-state index in [1.807, 2.05) is 6.92 Å². The van der Waals surface area contributed by atoms with E-state index in [0.717, 1.165) is 25.7 Å². The lowest BCUT2D eigenvalue weighted by molar-refractivity contribution is -0.138. The Morgan fingerprint density at radius 3 is 2.42 bits per heavy atom. The normalized spacial score (nSPS) is 24.2. The predicted molar refractivity (Wildman–Crippen MR) is 72.8 cm³/mol. The fraction of sp³-hybridized carbons (Fsp3) is 0.867. The van der Waals surface area contributed by atoms with Crippen molar-refractivity contribution in [3.05, 3.63) is 0 Å². The molecular formula is C15H25NO3. The third-order valence-corrected chi connectivity index (χ3v) is 4.21. The number of rotatable bonds is 4. The van der Waals surface area contributed by atoms with Crippen molar-refractivity contribution in [2.75, 3.05) is 0 Å². The van der Waals surface area contributed by atoms with Gasteiger partial charge in [-0.2, -0.15) is 0 Å². The molecule has 19 heavy (non-hydrogen) atoms. The van der Waals surface area contributed by atoms with Gasteiger partial charge in [-0.25, -0.2) is 0 Å². The van der Waals surface area contributed by atoms with E-state index in [1.165, 1.54) is 19.3 Å². The van der Waals surface area contributed by atoms with Crippen molar-refractivity contribution in [2.45, 2.75) is 83.0 Å². The van der Waals surface area contributed by atoms with Crippen LogP contribution in [0.3, 0.4) is 0 Å². The Bertz CT molecular complexity index is 313. The number of amides is 1. The summed E-state index contributed by atoms with van der Waals surface area (Å²) in [6.45, 7) is 1.81. The van der Waals surface area contributed by atoms with Crippen LogP contribution in [-0.4, -0.2) is 29.9 Å². The molecular weight excluding hydrogens is 242 g/mol. The SMILES string of the molecule is CC(OC1CCC(=O)CC1)C(=O)NC1CCCCC1. The first-order valence-electron chi connectivity index (χ1n) is 7.62. The average molecular weight is 267 g/mol. The van der Waals surface area contributed by atoms with Crippen LogP contribution in [0.2, 0.25) is 0 Å². The van der Waals surface area contributed by atoms with E-state index < -0.39 is 6.10 Å². The van der Waals surface area contributed by atoms with Gasteiger partial charge in [-0.3, -0.25) is 9.59 Å². The smallest absolute Gasteiger partial charge is 0.249 e. The maximum absolute atomic E-state index is 12.0. The van der Waals surface area contributed by atoms with Gasteiger partial charge in [0.2, 0.25) is 5.91 Å². The summed E-state index contributed by atoms with van der Waals surface area (Å²) in [5, 5.41) is 3.09. The van der Waals surface area contributed by atoms with Crippen molar-refractivity contribution in [3.8, 4) is 0 Å². The minimum absolute atomic E-state index is 0.00352. The predicted octanol–water partition coefficient (Wildman–Crippen LogP) is 2.35. The molecule has 0 radical (unpaired) electrons. The van der Waals surface area contributed by atoms with Gasteiger partial charge in [0.15, 0.2) is 0 Å². The molecule has 4 heteroatoms. The Morgan fingerprint density at radius 1 is 1.16 bits per heavy atom. The molecule has 2 fully saturated rings. The molecule has 0 saturated heterocycles. The lowest BCUT2D eigenvalue weighted by Crippen LogP contribution is -2.43. The number of ether oxygens (including phenoxy) is 1. The topological polar surface area (TPSA) is 55.4 Å². The van der Waals surface area contributed by atoms with Gasteiger partial charge in [0.25, 0.3) is 0 Å². The fourth-order valence-corrected chi connectivity index (χ4v) is 2.97. The first-order chi connectivity index (χ1) is 9.15. The van der Waals surface area contributed by atoms with Gasteiger partial charge in [-0.1, -0.05) is 19.3 Å². The lowest BCUT2D eigenvalue weighted by Gasteiger charge is -2.27. The molecule has 1 amide bonds. The number of nitrogens with one attached hydrogen (secondary N) is 1. The molecule has 2 aliphatic carbocycles. The van der Waals surface area contributed by atoms with Gasteiger partial charge in [0.05, 0.1) is 6.10 Å². The zero-order valence-electron chi connectivity index (χ0n) is 11.8. The summed E-state index contributed by atoms with van der Waals surface area (Å²) in [5.74, 6) is 0.322. The largest absolute Gasteiger partial charge is 0.365 e. The summed E-state index contributed by atoms with van der Waals surface area (Å²) in [4.78, 5) is 23.2. The molecule has 108 valence electrons. The van der Waals surface area contributed by atoms with E-state index in [2.05, 4.69) is 5.32 Å². The maximum atomic E-state index is 12.0. The zero-order valence-corrected chi connectivity index (χ0v) is 11.8. The van der Waals surface area contributed by atoms with Crippen molar-refractivity contribution in [3.63, 3.8) is 0 Å². The second kappa shape index (κ2) is 7.04. The van der Waals surface area contributed by atoms with E-state index >= 15 is 0 Å². The minimum Gasteiger partial charge on any atom is -0.365 e. The van der Waals surface area contributed by atoms with Crippen LogP contribution in [0.5, 0.6) is 0 Å². The summed E-state index contributed by atoms with van der Waals surface area (Å²) < 4.78 is 5.78. The third kappa shape index (κ3) is 4.60. The highest BCUT2D eigenvalue weighted by molar-refractivity contribution is 5.81. The molecule has 0 aromatic carbocycles. The summed E-state index contributed by atoms with van der Waals surface area (Å²) in [6.07, 6.45) is 8.30. The van der Waals surface area contributed by atoms with Crippen LogP contribution >= 0.6 is 0 Å². The molecule has 0 spiro atoms. The van der Waals surface area contributed by atoms with E-state index in [4.69, 9.17) is 4.74 Å². The Morgan fingerprint density at radius 2 is 1.79 bits per heavy atom. The standard InChI is InChI=1S/C15H25NO3/c1-11(19-14-9-7-13(17)8-10-14)15(18)16-12-5-3-2-4-6-12/h11-12,14H,2-10H2,1H3,(H,16,18). The highest BCUT2D eigenvalue weighted by Crippen LogP contribution is 2.20. The monoisotopic (exact) mass is 267 g/mol. The highest BCUT2D eigenvalue weighted by atomic mass is 16.5. The number of ketones is 1. The van der Waals surface area contributed by atoms with Crippen LogP contribution in [-0.2, 0) is 14.3 Å². The van der Waals surface area contributed by atoms with Crippen LogP contribution in [0.1, 0.15) is 64.7 Å². The summed E-state index contributed by atoms with van der Waals surface area (Å²) in [5.41, 5.74) is 0. The van der Waals surface area contributed by atoms with Gasteiger partial charge in [0, 0.05) is 18.9 Å². The Balaban J connectivity index is 1.70. The molecule has 4 nitrogen and oxygen atoms in total. The van der Waals surface area contributed by atoms with E-state index in [9.17, 15) is 9.59 Å². The Hall–Kier alpha value is -0.900. The maximum Gasteiger partial charge on any atom is 0.249 e. The number of Topliss-reactive ketones (excluding diaryl/α,β-unsaturated/α-hetero) is 1. The molecule has 1 unspecified atom stereocenters.